The Morgan fingerprint density at radius 2 is 1.94 bits per heavy atom. The van der Waals surface area contributed by atoms with Crippen LogP contribution in [0.4, 0.5) is 11.4 Å². The van der Waals surface area contributed by atoms with Crippen LogP contribution in [-0.4, -0.2) is 64.3 Å². The van der Waals surface area contributed by atoms with Gasteiger partial charge in [-0.3, -0.25) is 14.3 Å². The first kappa shape index (κ1) is 23.3. The maximum Gasteiger partial charge on any atom is 0.257 e. The average Bonchev–Trinajstić information content (AvgIpc) is 3.15. The fourth-order valence-electron chi connectivity index (χ4n) is 4.34. The first-order valence-corrected chi connectivity index (χ1v) is 11.3. The Morgan fingerprint density at radius 3 is 2.65 bits per heavy atom. The number of hydrogen-bond donors (Lipinski definition) is 1. The Hall–Kier alpha value is -3.88. The van der Waals surface area contributed by atoms with Gasteiger partial charge in [0, 0.05) is 55.0 Å². The van der Waals surface area contributed by atoms with Gasteiger partial charge in [-0.2, -0.15) is 5.10 Å². The molecule has 1 N–H and O–H groups in total. The van der Waals surface area contributed by atoms with Gasteiger partial charge >= 0.3 is 0 Å². The second-order valence-corrected chi connectivity index (χ2v) is 8.53. The minimum atomic E-state index is -0.209. The number of nitrogens with one attached hydrogen (secondary N) is 1. The van der Waals surface area contributed by atoms with Crippen LogP contribution in [0.5, 0.6) is 5.88 Å². The molecule has 3 heterocycles. The zero-order valence-corrected chi connectivity index (χ0v) is 20.0. The molecule has 1 aromatic carbocycles. The molecule has 2 amide bonds. The standard InChI is InChI=1S/C25H30N6O3/c1-17-13-18(2)31(28-17)16-24(32)30-12-11-29(15-19(30)3)22-8-6-5-7-21(22)25(33)27-20-9-10-26-23(14-20)34-4/h5-10,13-14,19H,11-12,15-16H2,1-4H3,(H,26,27,33)/t19-/m0/s1. The maximum absolute atomic E-state index is 13.1. The van der Waals surface area contributed by atoms with E-state index < -0.39 is 0 Å². The summed E-state index contributed by atoms with van der Waals surface area (Å²) in [6.45, 7) is 8.01. The van der Waals surface area contributed by atoms with Crippen molar-refractivity contribution in [2.24, 2.45) is 0 Å². The van der Waals surface area contributed by atoms with Gasteiger partial charge in [-0.1, -0.05) is 12.1 Å². The highest BCUT2D eigenvalue weighted by atomic mass is 16.5. The summed E-state index contributed by atoms with van der Waals surface area (Å²) in [4.78, 5) is 34.2. The fourth-order valence-corrected chi connectivity index (χ4v) is 4.34. The van der Waals surface area contributed by atoms with E-state index in [1.165, 1.54) is 7.11 Å². The summed E-state index contributed by atoms with van der Waals surface area (Å²) in [5.41, 5.74) is 3.91. The molecule has 9 nitrogen and oxygen atoms in total. The molecule has 1 aliphatic rings. The van der Waals surface area contributed by atoms with Crippen molar-refractivity contribution in [3.63, 3.8) is 0 Å². The topological polar surface area (TPSA) is 92.6 Å². The molecule has 9 heteroatoms. The summed E-state index contributed by atoms with van der Waals surface area (Å²) in [5.74, 6) is 0.275. The van der Waals surface area contributed by atoms with Gasteiger partial charge in [-0.15, -0.1) is 0 Å². The number of anilines is 2. The van der Waals surface area contributed by atoms with Crippen LogP contribution in [0.2, 0.25) is 0 Å². The molecule has 0 radical (unpaired) electrons. The van der Waals surface area contributed by atoms with Crippen LogP contribution in [-0.2, 0) is 11.3 Å². The number of para-hydroxylation sites is 1. The third kappa shape index (κ3) is 5.03. The molecule has 1 fully saturated rings. The number of amides is 2. The SMILES string of the molecule is COc1cc(NC(=O)c2ccccc2N2CCN(C(=O)Cn3nc(C)cc3C)[C@@H](C)C2)ccn1. The first-order chi connectivity index (χ1) is 16.4. The molecule has 2 aromatic heterocycles. The zero-order chi connectivity index (χ0) is 24.2. The van der Waals surface area contributed by atoms with E-state index in [9.17, 15) is 9.59 Å². The molecule has 0 spiro atoms. The number of piperazine rings is 1. The van der Waals surface area contributed by atoms with E-state index in [0.29, 0.717) is 36.8 Å². The number of ether oxygens (including phenoxy) is 1. The molecule has 0 aliphatic carbocycles. The lowest BCUT2D eigenvalue weighted by Gasteiger charge is -2.41. The largest absolute Gasteiger partial charge is 0.481 e. The third-order valence-corrected chi connectivity index (χ3v) is 6.03. The van der Waals surface area contributed by atoms with Gasteiger partial charge in [0.1, 0.15) is 6.54 Å². The Bertz CT molecular complexity index is 1190. The Morgan fingerprint density at radius 1 is 1.15 bits per heavy atom. The van der Waals surface area contributed by atoms with Crippen molar-refractivity contribution in [3.8, 4) is 5.88 Å². The maximum atomic E-state index is 13.1. The van der Waals surface area contributed by atoms with Crippen LogP contribution in [0.1, 0.15) is 28.7 Å². The van der Waals surface area contributed by atoms with Crippen molar-refractivity contribution in [2.45, 2.75) is 33.4 Å². The van der Waals surface area contributed by atoms with E-state index in [2.05, 4.69) is 20.3 Å². The van der Waals surface area contributed by atoms with Crippen molar-refractivity contribution < 1.29 is 14.3 Å². The highest BCUT2D eigenvalue weighted by molar-refractivity contribution is 6.08. The number of aryl methyl sites for hydroxylation is 2. The quantitative estimate of drug-likeness (QED) is 0.606. The summed E-state index contributed by atoms with van der Waals surface area (Å²) in [6.07, 6.45) is 1.59. The van der Waals surface area contributed by atoms with Crippen LogP contribution in [0.25, 0.3) is 0 Å². The van der Waals surface area contributed by atoms with Crippen molar-refractivity contribution in [1.82, 2.24) is 19.7 Å². The van der Waals surface area contributed by atoms with Gasteiger partial charge in [0.05, 0.1) is 18.4 Å². The van der Waals surface area contributed by atoms with Crippen LogP contribution >= 0.6 is 0 Å². The van der Waals surface area contributed by atoms with Crippen LogP contribution < -0.4 is 15.0 Å². The smallest absolute Gasteiger partial charge is 0.257 e. The molecule has 34 heavy (non-hydrogen) atoms. The molecular weight excluding hydrogens is 432 g/mol. The molecule has 1 atom stereocenters. The number of hydrogen-bond acceptors (Lipinski definition) is 6. The minimum Gasteiger partial charge on any atom is -0.481 e. The number of carbonyl (C=O) groups excluding carboxylic acids is 2. The normalized spacial score (nSPS) is 15.8. The van der Waals surface area contributed by atoms with Gasteiger partial charge in [-0.25, -0.2) is 4.98 Å². The number of rotatable bonds is 6. The van der Waals surface area contributed by atoms with Crippen molar-refractivity contribution >= 4 is 23.2 Å². The predicted octanol–water partition coefficient (Wildman–Crippen LogP) is 2.89. The van der Waals surface area contributed by atoms with E-state index in [1.54, 1.807) is 23.0 Å². The summed E-state index contributed by atoms with van der Waals surface area (Å²) in [7, 11) is 1.53. The minimum absolute atomic E-state index is 0.00112. The summed E-state index contributed by atoms with van der Waals surface area (Å²) >= 11 is 0. The highest BCUT2D eigenvalue weighted by Crippen LogP contribution is 2.25. The highest BCUT2D eigenvalue weighted by Gasteiger charge is 2.29. The van der Waals surface area contributed by atoms with Gasteiger partial charge < -0.3 is 19.9 Å². The van der Waals surface area contributed by atoms with Crippen molar-refractivity contribution in [1.29, 1.82) is 0 Å². The van der Waals surface area contributed by atoms with Gasteiger partial charge in [0.2, 0.25) is 11.8 Å². The molecule has 4 rings (SSSR count). The molecule has 178 valence electrons. The second kappa shape index (κ2) is 9.94. The zero-order valence-electron chi connectivity index (χ0n) is 20.0. The number of aromatic nitrogens is 3. The summed E-state index contributed by atoms with van der Waals surface area (Å²) < 4.78 is 6.89. The number of pyridine rings is 1. The average molecular weight is 463 g/mol. The molecule has 1 aliphatic heterocycles. The lowest BCUT2D eigenvalue weighted by molar-refractivity contribution is -0.134. The van der Waals surface area contributed by atoms with E-state index in [0.717, 1.165) is 17.1 Å². The molecule has 3 aromatic rings. The number of benzene rings is 1. The monoisotopic (exact) mass is 462 g/mol. The molecule has 1 saturated heterocycles. The first-order valence-electron chi connectivity index (χ1n) is 11.3. The third-order valence-electron chi connectivity index (χ3n) is 6.03. The molecule has 0 bridgehead atoms. The van der Waals surface area contributed by atoms with Gasteiger partial charge in [0.15, 0.2) is 0 Å². The van der Waals surface area contributed by atoms with Crippen LogP contribution in [0.15, 0.2) is 48.7 Å². The Kier molecular flexibility index (Phi) is 6.81. The molecular formula is C25H30N6O3. The van der Waals surface area contributed by atoms with E-state index in [1.807, 2.05) is 56.0 Å². The van der Waals surface area contributed by atoms with Crippen molar-refractivity contribution in [3.05, 3.63) is 65.6 Å². The van der Waals surface area contributed by atoms with Crippen LogP contribution in [0.3, 0.4) is 0 Å². The number of methoxy groups -OCH3 is 1. The van der Waals surface area contributed by atoms with Crippen LogP contribution in [0, 0.1) is 13.8 Å². The van der Waals surface area contributed by atoms with Crippen molar-refractivity contribution in [2.75, 3.05) is 37.0 Å². The number of carbonyl (C=O) groups is 2. The van der Waals surface area contributed by atoms with Gasteiger partial charge in [0.25, 0.3) is 5.91 Å². The Labute approximate surface area is 199 Å². The number of nitrogens with zero attached hydrogens (tertiary/aromatic N) is 5. The van der Waals surface area contributed by atoms with Gasteiger partial charge in [-0.05, 0) is 45.0 Å². The predicted molar refractivity (Wildman–Crippen MR) is 130 cm³/mol. The lowest BCUT2D eigenvalue weighted by Crippen LogP contribution is -2.55. The molecule has 0 saturated carbocycles. The lowest BCUT2D eigenvalue weighted by atomic mass is 10.1. The summed E-state index contributed by atoms with van der Waals surface area (Å²) in [6, 6.07) is 12.9. The Balaban J connectivity index is 1.45. The molecule has 0 unspecified atom stereocenters. The van der Waals surface area contributed by atoms with E-state index in [4.69, 9.17) is 4.74 Å². The van der Waals surface area contributed by atoms with E-state index in [-0.39, 0.29) is 24.4 Å². The second-order valence-electron chi connectivity index (χ2n) is 8.53. The van der Waals surface area contributed by atoms with E-state index >= 15 is 0 Å². The summed E-state index contributed by atoms with van der Waals surface area (Å²) in [5, 5.41) is 7.34. The fraction of sp³-hybridized carbons (Fsp3) is 0.360.